The van der Waals surface area contributed by atoms with E-state index in [9.17, 15) is 0 Å². The number of fused-ring (bicyclic) bond motifs is 2. The number of nitrogens with zero attached hydrogens (tertiary/aromatic N) is 2. The van der Waals surface area contributed by atoms with E-state index in [0.29, 0.717) is 0 Å². The van der Waals surface area contributed by atoms with Crippen LogP contribution in [0.3, 0.4) is 0 Å². The third-order valence-electron chi connectivity index (χ3n) is 4.95. The van der Waals surface area contributed by atoms with Crippen LogP contribution in [0.25, 0.3) is 5.57 Å². The molecule has 0 unspecified atom stereocenters. The topological polar surface area (TPSA) is 15.7 Å². The lowest BCUT2D eigenvalue weighted by Crippen LogP contribution is -2.36. The number of hydrogen-bond acceptors (Lipinski definition) is 4. The Morgan fingerprint density at radius 3 is 2.62 bits per heavy atom. The van der Waals surface area contributed by atoms with E-state index < -0.39 is 0 Å². The molecule has 0 saturated carbocycles. The summed E-state index contributed by atoms with van der Waals surface area (Å²) < 4.78 is 5.52. The molecule has 26 heavy (non-hydrogen) atoms. The van der Waals surface area contributed by atoms with E-state index in [1.807, 2.05) is 11.8 Å². The van der Waals surface area contributed by atoms with Crippen LogP contribution in [0.2, 0.25) is 0 Å². The minimum atomic E-state index is 0.820. The molecule has 0 radical (unpaired) electrons. The molecule has 136 valence electrons. The van der Waals surface area contributed by atoms with Gasteiger partial charge in [0, 0.05) is 35.1 Å². The van der Waals surface area contributed by atoms with Crippen LogP contribution in [0.15, 0.2) is 58.3 Å². The first-order valence-electron chi connectivity index (χ1n) is 9.31. The Hall–Kier alpha value is -1.75. The highest BCUT2D eigenvalue weighted by Gasteiger charge is 2.22. The molecule has 0 aromatic heterocycles. The van der Waals surface area contributed by atoms with Crippen LogP contribution in [-0.2, 0) is 4.74 Å². The molecule has 2 aliphatic rings. The number of anilines is 1. The van der Waals surface area contributed by atoms with Crippen molar-refractivity contribution in [2.45, 2.75) is 16.2 Å². The van der Waals surface area contributed by atoms with E-state index in [1.165, 1.54) is 32.2 Å². The van der Waals surface area contributed by atoms with Crippen LogP contribution in [0.1, 0.15) is 17.5 Å². The summed E-state index contributed by atoms with van der Waals surface area (Å²) in [6.07, 6.45) is 3.48. The highest BCUT2D eigenvalue weighted by atomic mass is 32.2. The molecule has 1 fully saturated rings. The van der Waals surface area contributed by atoms with Gasteiger partial charge >= 0.3 is 0 Å². The smallest absolute Gasteiger partial charge is 0.0642 e. The largest absolute Gasteiger partial charge is 0.378 e. The molecule has 0 N–H and O–H groups in total. The van der Waals surface area contributed by atoms with Gasteiger partial charge in [-0.15, -0.1) is 0 Å². The van der Waals surface area contributed by atoms with Crippen molar-refractivity contribution in [1.82, 2.24) is 4.90 Å². The number of rotatable bonds is 4. The van der Waals surface area contributed by atoms with Gasteiger partial charge in [0.2, 0.25) is 0 Å². The first-order valence-corrected chi connectivity index (χ1v) is 10.1. The molecular weight excluding hydrogens is 340 g/mol. The molecule has 2 aromatic rings. The summed E-state index contributed by atoms with van der Waals surface area (Å²) in [5.74, 6) is 0. The fraction of sp³-hybridized carbons (Fsp3) is 0.364. The molecule has 1 saturated heterocycles. The Morgan fingerprint density at radius 1 is 1.04 bits per heavy atom. The summed E-state index contributed by atoms with van der Waals surface area (Å²) >= 11 is 1.89. The second kappa shape index (κ2) is 7.87. The van der Waals surface area contributed by atoms with Crippen molar-refractivity contribution in [3.8, 4) is 0 Å². The molecular formula is C22H26N2OS. The van der Waals surface area contributed by atoms with Crippen LogP contribution in [0.5, 0.6) is 0 Å². The van der Waals surface area contributed by atoms with Gasteiger partial charge in [-0.3, -0.25) is 0 Å². The van der Waals surface area contributed by atoms with Gasteiger partial charge in [0.05, 0.1) is 13.2 Å². The standard InChI is InChI=1S/C22H26N2OS/c1-23(2)11-5-7-18-19-6-3-4-8-21(19)26-22-10-9-17(16-20(18)22)24-12-14-25-15-13-24/h3-4,6-10,16H,5,11-15H2,1-2H3. The normalized spacial score (nSPS) is 18.1. The summed E-state index contributed by atoms with van der Waals surface area (Å²) in [5, 5.41) is 0. The van der Waals surface area contributed by atoms with Crippen LogP contribution in [0.4, 0.5) is 5.69 Å². The van der Waals surface area contributed by atoms with Crippen molar-refractivity contribution in [2.24, 2.45) is 0 Å². The predicted octanol–water partition coefficient (Wildman–Crippen LogP) is 4.37. The summed E-state index contributed by atoms with van der Waals surface area (Å²) in [5.41, 5.74) is 5.43. The quantitative estimate of drug-likeness (QED) is 0.681. The fourth-order valence-electron chi connectivity index (χ4n) is 3.56. The molecule has 4 rings (SSSR count). The summed E-state index contributed by atoms with van der Waals surface area (Å²) in [6.45, 7) is 4.65. The van der Waals surface area contributed by atoms with Crippen LogP contribution < -0.4 is 4.90 Å². The zero-order chi connectivity index (χ0) is 17.9. The molecule has 3 nitrogen and oxygen atoms in total. The fourth-order valence-corrected chi connectivity index (χ4v) is 4.65. The van der Waals surface area contributed by atoms with E-state index in [2.05, 4.69) is 72.4 Å². The first kappa shape index (κ1) is 17.7. The van der Waals surface area contributed by atoms with Gasteiger partial charge in [0.25, 0.3) is 0 Å². The highest BCUT2D eigenvalue weighted by Crippen LogP contribution is 2.46. The third-order valence-corrected chi connectivity index (χ3v) is 6.10. The van der Waals surface area contributed by atoms with Crippen molar-refractivity contribution in [3.63, 3.8) is 0 Å². The lowest BCUT2D eigenvalue weighted by Gasteiger charge is -2.30. The second-order valence-electron chi connectivity index (χ2n) is 7.09. The molecule has 4 heteroatoms. The van der Waals surface area contributed by atoms with Crippen molar-refractivity contribution in [1.29, 1.82) is 0 Å². The second-order valence-corrected chi connectivity index (χ2v) is 8.17. The number of benzene rings is 2. The SMILES string of the molecule is CN(C)CCC=C1c2ccccc2Sc2ccc(N3CCOCC3)cc21. The van der Waals surface area contributed by atoms with Gasteiger partial charge in [-0.1, -0.05) is 36.0 Å². The highest BCUT2D eigenvalue weighted by molar-refractivity contribution is 7.99. The van der Waals surface area contributed by atoms with Crippen molar-refractivity contribution < 1.29 is 4.74 Å². The lowest BCUT2D eigenvalue weighted by atomic mass is 9.95. The molecule has 0 bridgehead atoms. The van der Waals surface area contributed by atoms with Gasteiger partial charge in [-0.05, 0) is 61.5 Å². The molecule has 2 heterocycles. The van der Waals surface area contributed by atoms with E-state index in [-0.39, 0.29) is 0 Å². The van der Waals surface area contributed by atoms with Crippen LogP contribution in [0, 0.1) is 0 Å². The zero-order valence-electron chi connectivity index (χ0n) is 15.6. The maximum absolute atomic E-state index is 5.52. The van der Waals surface area contributed by atoms with E-state index in [0.717, 1.165) is 39.3 Å². The number of morpholine rings is 1. The molecule has 2 aromatic carbocycles. The van der Waals surface area contributed by atoms with Gasteiger partial charge in [-0.25, -0.2) is 0 Å². The van der Waals surface area contributed by atoms with Crippen molar-refractivity contribution in [2.75, 3.05) is 51.8 Å². The Balaban J connectivity index is 1.72. The Morgan fingerprint density at radius 2 is 1.81 bits per heavy atom. The summed E-state index contributed by atoms with van der Waals surface area (Å²) in [6, 6.07) is 15.7. The molecule has 0 amide bonds. The molecule has 0 aliphatic carbocycles. The third kappa shape index (κ3) is 3.68. The van der Waals surface area contributed by atoms with Gasteiger partial charge in [0.1, 0.15) is 0 Å². The molecule has 0 atom stereocenters. The minimum Gasteiger partial charge on any atom is -0.378 e. The average Bonchev–Trinajstić information content (AvgIpc) is 2.67. The Bertz CT molecular complexity index is 810. The van der Waals surface area contributed by atoms with Gasteiger partial charge in [-0.2, -0.15) is 0 Å². The average molecular weight is 367 g/mol. The van der Waals surface area contributed by atoms with Crippen LogP contribution in [-0.4, -0.2) is 51.8 Å². The monoisotopic (exact) mass is 366 g/mol. The Kier molecular flexibility index (Phi) is 5.34. The zero-order valence-corrected chi connectivity index (χ0v) is 16.4. The maximum Gasteiger partial charge on any atom is 0.0642 e. The summed E-state index contributed by atoms with van der Waals surface area (Å²) in [7, 11) is 4.27. The van der Waals surface area contributed by atoms with Crippen LogP contribution >= 0.6 is 11.8 Å². The predicted molar refractivity (Wildman–Crippen MR) is 110 cm³/mol. The summed E-state index contributed by atoms with van der Waals surface area (Å²) in [4.78, 5) is 7.39. The Labute approximate surface area is 160 Å². The van der Waals surface area contributed by atoms with Gasteiger partial charge in [0.15, 0.2) is 0 Å². The van der Waals surface area contributed by atoms with E-state index >= 15 is 0 Å². The van der Waals surface area contributed by atoms with Gasteiger partial charge < -0.3 is 14.5 Å². The van der Waals surface area contributed by atoms with Crippen molar-refractivity contribution in [3.05, 3.63) is 59.7 Å². The van der Waals surface area contributed by atoms with E-state index in [1.54, 1.807) is 0 Å². The first-order chi connectivity index (χ1) is 12.7. The lowest BCUT2D eigenvalue weighted by molar-refractivity contribution is 0.122. The minimum absolute atomic E-state index is 0.820. The molecule has 2 aliphatic heterocycles. The number of ether oxygens (including phenoxy) is 1. The van der Waals surface area contributed by atoms with E-state index in [4.69, 9.17) is 4.74 Å². The van der Waals surface area contributed by atoms with Crippen molar-refractivity contribution >= 4 is 23.0 Å². The number of hydrogen-bond donors (Lipinski definition) is 0. The molecule has 0 spiro atoms. The maximum atomic E-state index is 5.52.